The van der Waals surface area contributed by atoms with Crippen LogP contribution in [-0.4, -0.2) is 9.97 Å². The number of aromatic nitrogens is 2. The lowest BCUT2D eigenvalue weighted by Gasteiger charge is -2.09. The maximum Gasteiger partial charge on any atom is 0.224 e. The van der Waals surface area contributed by atoms with Crippen molar-refractivity contribution in [2.75, 3.05) is 0 Å². The van der Waals surface area contributed by atoms with Crippen LogP contribution in [0.4, 0.5) is 4.39 Å². The smallest absolute Gasteiger partial charge is 0.224 e. The molecule has 106 valence electrons. The van der Waals surface area contributed by atoms with Crippen LogP contribution < -0.4 is 4.74 Å². The molecule has 0 saturated heterocycles. The number of nitrogens with zero attached hydrogens (tertiary/aromatic N) is 2. The van der Waals surface area contributed by atoms with E-state index in [1.165, 1.54) is 18.5 Å². The van der Waals surface area contributed by atoms with Crippen LogP contribution >= 0.6 is 23.2 Å². The lowest BCUT2D eigenvalue weighted by molar-refractivity contribution is 0.297. The van der Waals surface area contributed by atoms with Crippen molar-refractivity contribution in [2.24, 2.45) is 0 Å². The largest absolute Gasteiger partial charge is 0.472 e. The summed E-state index contributed by atoms with van der Waals surface area (Å²) in [7, 11) is 0. The monoisotopic (exact) mass is 322 g/mol. The Morgan fingerprint density at radius 1 is 1.10 bits per heavy atom. The van der Waals surface area contributed by atoms with E-state index < -0.39 is 0 Å². The third kappa shape index (κ3) is 3.06. The SMILES string of the molecule is Fc1cccc(COc2ncnc3c(Cl)cc(Cl)cc23)c1. The standard InChI is InChI=1S/C15H9Cl2FN2O/c16-10-5-12-14(13(17)6-10)19-8-20-15(12)21-7-9-2-1-3-11(18)4-9/h1-6,8H,7H2. The highest BCUT2D eigenvalue weighted by molar-refractivity contribution is 6.38. The zero-order valence-corrected chi connectivity index (χ0v) is 12.2. The zero-order chi connectivity index (χ0) is 14.8. The molecule has 21 heavy (non-hydrogen) atoms. The van der Waals surface area contributed by atoms with E-state index in [1.807, 2.05) is 0 Å². The van der Waals surface area contributed by atoms with Gasteiger partial charge in [0.25, 0.3) is 0 Å². The molecule has 0 aliphatic heterocycles. The minimum absolute atomic E-state index is 0.188. The quantitative estimate of drug-likeness (QED) is 0.703. The molecule has 0 N–H and O–H groups in total. The third-order valence-corrected chi connectivity index (χ3v) is 3.39. The molecule has 0 aliphatic carbocycles. The van der Waals surface area contributed by atoms with E-state index in [4.69, 9.17) is 27.9 Å². The molecule has 3 rings (SSSR count). The first-order valence-corrected chi connectivity index (χ1v) is 6.86. The second-order valence-electron chi connectivity index (χ2n) is 4.38. The summed E-state index contributed by atoms with van der Waals surface area (Å²) in [4.78, 5) is 8.19. The predicted octanol–water partition coefficient (Wildman–Crippen LogP) is 4.65. The van der Waals surface area contributed by atoms with Gasteiger partial charge in [-0.3, -0.25) is 0 Å². The molecule has 1 heterocycles. The van der Waals surface area contributed by atoms with Crippen molar-refractivity contribution in [3.8, 4) is 5.88 Å². The molecule has 0 spiro atoms. The second kappa shape index (κ2) is 5.84. The molecule has 2 aromatic carbocycles. The van der Waals surface area contributed by atoms with Crippen molar-refractivity contribution in [2.45, 2.75) is 6.61 Å². The zero-order valence-electron chi connectivity index (χ0n) is 10.7. The molecule has 0 bridgehead atoms. The summed E-state index contributed by atoms with van der Waals surface area (Å²) in [6.45, 7) is 0.188. The number of hydrogen-bond donors (Lipinski definition) is 0. The number of fused-ring (bicyclic) bond motifs is 1. The molecule has 6 heteroatoms. The van der Waals surface area contributed by atoms with Gasteiger partial charge in [-0.25, -0.2) is 14.4 Å². The van der Waals surface area contributed by atoms with Gasteiger partial charge < -0.3 is 4.74 Å². The normalized spacial score (nSPS) is 10.8. The summed E-state index contributed by atoms with van der Waals surface area (Å²) < 4.78 is 18.8. The number of rotatable bonds is 3. The van der Waals surface area contributed by atoms with Gasteiger partial charge in [0, 0.05) is 5.02 Å². The first kappa shape index (κ1) is 14.0. The predicted molar refractivity (Wildman–Crippen MR) is 80.3 cm³/mol. The van der Waals surface area contributed by atoms with Crippen LogP contribution in [0.2, 0.25) is 10.0 Å². The van der Waals surface area contributed by atoms with Gasteiger partial charge in [0.1, 0.15) is 18.8 Å². The van der Waals surface area contributed by atoms with Crippen LogP contribution in [0.3, 0.4) is 0 Å². The molecule has 3 aromatic rings. The maximum atomic E-state index is 13.1. The van der Waals surface area contributed by atoms with E-state index >= 15 is 0 Å². The van der Waals surface area contributed by atoms with Crippen LogP contribution in [0.15, 0.2) is 42.7 Å². The van der Waals surface area contributed by atoms with Crippen molar-refractivity contribution in [3.63, 3.8) is 0 Å². The first-order chi connectivity index (χ1) is 10.1. The van der Waals surface area contributed by atoms with Crippen LogP contribution in [0.25, 0.3) is 10.9 Å². The molecule has 0 atom stereocenters. The Kier molecular flexibility index (Phi) is 3.90. The summed E-state index contributed by atoms with van der Waals surface area (Å²) in [5, 5.41) is 1.51. The topological polar surface area (TPSA) is 35.0 Å². The van der Waals surface area contributed by atoms with Gasteiger partial charge in [-0.1, -0.05) is 35.3 Å². The molecule has 0 saturated carbocycles. The van der Waals surface area contributed by atoms with E-state index in [-0.39, 0.29) is 12.4 Å². The van der Waals surface area contributed by atoms with Gasteiger partial charge in [0.15, 0.2) is 0 Å². The minimum atomic E-state index is -0.310. The van der Waals surface area contributed by atoms with E-state index in [9.17, 15) is 4.39 Å². The maximum absolute atomic E-state index is 13.1. The van der Waals surface area contributed by atoms with E-state index in [2.05, 4.69) is 9.97 Å². The minimum Gasteiger partial charge on any atom is -0.472 e. The molecule has 0 amide bonds. The Balaban J connectivity index is 1.94. The van der Waals surface area contributed by atoms with Crippen LogP contribution in [-0.2, 0) is 6.61 Å². The second-order valence-corrected chi connectivity index (χ2v) is 5.22. The van der Waals surface area contributed by atoms with Crippen LogP contribution in [0, 0.1) is 5.82 Å². The van der Waals surface area contributed by atoms with Gasteiger partial charge in [0.05, 0.1) is 15.9 Å². The highest BCUT2D eigenvalue weighted by atomic mass is 35.5. The lowest BCUT2D eigenvalue weighted by atomic mass is 10.2. The summed E-state index contributed by atoms with van der Waals surface area (Å²) in [5.41, 5.74) is 1.26. The Labute approximate surface area is 130 Å². The molecule has 3 nitrogen and oxygen atoms in total. The van der Waals surface area contributed by atoms with Crippen molar-refractivity contribution in [3.05, 3.63) is 64.2 Å². The first-order valence-electron chi connectivity index (χ1n) is 6.10. The summed E-state index contributed by atoms with van der Waals surface area (Å²) >= 11 is 12.1. The molecular formula is C15H9Cl2FN2O. The average Bonchev–Trinajstić information content (AvgIpc) is 2.45. The number of halogens is 3. The van der Waals surface area contributed by atoms with Gasteiger partial charge in [0.2, 0.25) is 5.88 Å². The van der Waals surface area contributed by atoms with Crippen molar-refractivity contribution in [1.29, 1.82) is 0 Å². The van der Waals surface area contributed by atoms with E-state index in [1.54, 1.807) is 24.3 Å². The Hall–Kier alpha value is -1.91. The Bertz CT molecular complexity index is 811. The number of ether oxygens (including phenoxy) is 1. The molecule has 1 aromatic heterocycles. The molecular weight excluding hydrogens is 314 g/mol. The fourth-order valence-corrected chi connectivity index (χ4v) is 2.50. The van der Waals surface area contributed by atoms with Gasteiger partial charge in [-0.15, -0.1) is 0 Å². The van der Waals surface area contributed by atoms with Crippen molar-refractivity contribution >= 4 is 34.1 Å². The van der Waals surface area contributed by atoms with Gasteiger partial charge in [-0.2, -0.15) is 0 Å². The van der Waals surface area contributed by atoms with E-state index in [0.717, 1.165) is 0 Å². The highest BCUT2D eigenvalue weighted by Crippen LogP contribution is 2.31. The van der Waals surface area contributed by atoms with Crippen molar-refractivity contribution in [1.82, 2.24) is 9.97 Å². The highest BCUT2D eigenvalue weighted by Gasteiger charge is 2.10. The molecule has 0 fully saturated rings. The average molecular weight is 323 g/mol. The molecule has 0 aliphatic rings. The van der Waals surface area contributed by atoms with Crippen molar-refractivity contribution < 1.29 is 9.13 Å². The molecule has 0 unspecified atom stereocenters. The van der Waals surface area contributed by atoms with Crippen LogP contribution in [0.5, 0.6) is 5.88 Å². The van der Waals surface area contributed by atoms with E-state index in [0.29, 0.717) is 32.4 Å². The van der Waals surface area contributed by atoms with Crippen LogP contribution in [0.1, 0.15) is 5.56 Å². The van der Waals surface area contributed by atoms with Gasteiger partial charge >= 0.3 is 0 Å². The Morgan fingerprint density at radius 3 is 2.76 bits per heavy atom. The number of benzene rings is 2. The molecule has 0 radical (unpaired) electrons. The lowest BCUT2D eigenvalue weighted by Crippen LogP contribution is -1.99. The fourth-order valence-electron chi connectivity index (χ4n) is 1.96. The summed E-state index contributed by atoms with van der Waals surface area (Å²) in [6.07, 6.45) is 1.36. The fraction of sp³-hybridized carbons (Fsp3) is 0.0667. The Morgan fingerprint density at radius 2 is 1.95 bits per heavy atom. The number of hydrogen-bond acceptors (Lipinski definition) is 3. The van der Waals surface area contributed by atoms with Gasteiger partial charge in [-0.05, 0) is 29.8 Å². The third-order valence-electron chi connectivity index (χ3n) is 2.88. The summed E-state index contributed by atoms with van der Waals surface area (Å²) in [5.74, 6) is 0.0448. The summed E-state index contributed by atoms with van der Waals surface area (Å²) in [6, 6.07) is 9.47.